The van der Waals surface area contributed by atoms with Crippen molar-refractivity contribution in [1.82, 2.24) is 10.4 Å². The number of nitrogens with zero attached hydrogens (tertiary/aromatic N) is 2. The number of aromatic nitrogens is 1. The van der Waals surface area contributed by atoms with E-state index in [1.54, 1.807) is 18.3 Å². The van der Waals surface area contributed by atoms with Crippen LogP contribution >= 0.6 is 0 Å². The minimum atomic E-state index is -0.910. The van der Waals surface area contributed by atoms with Crippen molar-refractivity contribution in [3.63, 3.8) is 0 Å². The lowest BCUT2D eigenvalue weighted by atomic mass is 10.00. The Hall–Kier alpha value is -2.05. The second-order valence-electron chi connectivity index (χ2n) is 4.59. The number of rotatable bonds is 4. The second-order valence-corrected chi connectivity index (χ2v) is 4.59. The highest BCUT2D eigenvalue weighted by Gasteiger charge is 2.19. The molecule has 0 aliphatic carbocycles. The summed E-state index contributed by atoms with van der Waals surface area (Å²) in [7, 11) is 3.74. The second kappa shape index (κ2) is 5.94. The number of anilines is 1. The maximum atomic E-state index is 13.8. The van der Waals surface area contributed by atoms with Gasteiger partial charge in [0, 0.05) is 25.9 Å². The van der Waals surface area contributed by atoms with Crippen LogP contribution < -0.4 is 16.2 Å². The van der Waals surface area contributed by atoms with Gasteiger partial charge in [-0.15, -0.1) is 0 Å². The van der Waals surface area contributed by atoms with Crippen molar-refractivity contribution >= 4 is 5.82 Å². The Morgan fingerprint density at radius 2 is 1.95 bits per heavy atom. The molecule has 20 heavy (non-hydrogen) atoms. The summed E-state index contributed by atoms with van der Waals surface area (Å²) >= 11 is 0. The first-order valence-corrected chi connectivity index (χ1v) is 6.08. The first-order chi connectivity index (χ1) is 9.54. The molecule has 0 aliphatic rings. The SMILES string of the molecule is CN(C)c1ccc(C(NN)c2cccc(F)c2F)cn1. The van der Waals surface area contributed by atoms with Gasteiger partial charge in [0.25, 0.3) is 0 Å². The van der Waals surface area contributed by atoms with Gasteiger partial charge in [-0.1, -0.05) is 18.2 Å². The number of benzene rings is 1. The average molecular weight is 278 g/mol. The Morgan fingerprint density at radius 1 is 1.20 bits per heavy atom. The molecule has 1 heterocycles. The number of pyridine rings is 1. The molecule has 6 heteroatoms. The summed E-state index contributed by atoms with van der Waals surface area (Å²) in [4.78, 5) is 6.08. The van der Waals surface area contributed by atoms with E-state index in [2.05, 4.69) is 10.4 Å². The third-order valence-electron chi connectivity index (χ3n) is 3.02. The summed E-state index contributed by atoms with van der Waals surface area (Å²) in [5.41, 5.74) is 3.29. The van der Waals surface area contributed by atoms with Crippen LogP contribution in [-0.4, -0.2) is 19.1 Å². The predicted molar refractivity (Wildman–Crippen MR) is 74.1 cm³/mol. The summed E-state index contributed by atoms with van der Waals surface area (Å²) in [6, 6.07) is 6.91. The minimum Gasteiger partial charge on any atom is -0.363 e. The van der Waals surface area contributed by atoms with Crippen molar-refractivity contribution in [1.29, 1.82) is 0 Å². The molecule has 0 spiro atoms. The van der Waals surface area contributed by atoms with E-state index in [0.29, 0.717) is 5.56 Å². The Labute approximate surface area is 116 Å². The highest BCUT2D eigenvalue weighted by Crippen LogP contribution is 2.25. The molecule has 0 saturated carbocycles. The van der Waals surface area contributed by atoms with Crippen LogP contribution in [0.1, 0.15) is 17.2 Å². The molecule has 0 fully saturated rings. The Balaban J connectivity index is 2.39. The Bertz CT molecular complexity index is 584. The molecular formula is C14H16F2N4. The topological polar surface area (TPSA) is 54.2 Å². The summed E-state index contributed by atoms with van der Waals surface area (Å²) in [5, 5.41) is 0. The quantitative estimate of drug-likeness (QED) is 0.663. The van der Waals surface area contributed by atoms with Gasteiger partial charge in [0.1, 0.15) is 5.82 Å². The fraction of sp³-hybridized carbons (Fsp3) is 0.214. The number of nitrogens with one attached hydrogen (secondary N) is 1. The zero-order chi connectivity index (χ0) is 14.7. The lowest BCUT2D eigenvalue weighted by Crippen LogP contribution is -2.30. The molecular weight excluding hydrogens is 262 g/mol. The molecule has 1 aromatic heterocycles. The number of halogens is 2. The van der Waals surface area contributed by atoms with Gasteiger partial charge in [-0.25, -0.2) is 19.2 Å². The summed E-state index contributed by atoms with van der Waals surface area (Å²) in [6.45, 7) is 0. The van der Waals surface area contributed by atoms with Crippen molar-refractivity contribution < 1.29 is 8.78 Å². The van der Waals surface area contributed by atoms with Crippen molar-refractivity contribution in [2.45, 2.75) is 6.04 Å². The van der Waals surface area contributed by atoms with Gasteiger partial charge in [0.2, 0.25) is 0 Å². The molecule has 1 unspecified atom stereocenters. The van der Waals surface area contributed by atoms with Crippen molar-refractivity contribution in [2.24, 2.45) is 5.84 Å². The normalized spacial score (nSPS) is 12.2. The van der Waals surface area contributed by atoms with E-state index >= 15 is 0 Å². The van der Waals surface area contributed by atoms with E-state index in [0.717, 1.165) is 11.9 Å². The van der Waals surface area contributed by atoms with Crippen molar-refractivity contribution in [2.75, 3.05) is 19.0 Å². The highest BCUT2D eigenvalue weighted by atomic mass is 19.2. The van der Waals surface area contributed by atoms with E-state index in [9.17, 15) is 8.78 Å². The van der Waals surface area contributed by atoms with Crippen LogP contribution in [0.3, 0.4) is 0 Å². The number of nitrogens with two attached hydrogens (primary N) is 1. The fourth-order valence-corrected chi connectivity index (χ4v) is 1.94. The Kier molecular flexibility index (Phi) is 4.26. The molecule has 0 radical (unpaired) electrons. The maximum Gasteiger partial charge on any atom is 0.163 e. The van der Waals surface area contributed by atoms with Crippen molar-refractivity contribution in [3.8, 4) is 0 Å². The number of hydrogen-bond acceptors (Lipinski definition) is 4. The van der Waals surface area contributed by atoms with Gasteiger partial charge in [0.05, 0.1) is 6.04 Å². The van der Waals surface area contributed by atoms with Crippen LogP contribution in [0.4, 0.5) is 14.6 Å². The molecule has 4 nitrogen and oxygen atoms in total. The van der Waals surface area contributed by atoms with Gasteiger partial charge in [-0.2, -0.15) is 0 Å². The highest BCUT2D eigenvalue weighted by molar-refractivity contribution is 5.40. The molecule has 3 N–H and O–H groups in total. The number of hydrazine groups is 1. The first kappa shape index (κ1) is 14.4. The zero-order valence-corrected chi connectivity index (χ0v) is 11.3. The van der Waals surface area contributed by atoms with Crippen LogP contribution in [0.15, 0.2) is 36.5 Å². The fourth-order valence-electron chi connectivity index (χ4n) is 1.94. The monoisotopic (exact) mass is 278 g/mol. The van der Waals surface area contributed by atoms with Crippen LogP contribution in [0.5, 0.6) is 0 Å². The molecule has 0 bridgehead atoms. The van der Waals surface area contributed by atoms with Crippen LogP contribution in [0.2, 0.25) is 0 Å². The van der Waals surface area contributed by atoms with Gasteiger partial charge in [0.15, 0.2) is 11.6 Å². The Morgan fingerprint density at radius 3 is 2.50 bits per heavy atom. The van der Waals surface area contributed by atoms with E-state index in [4.69, 9.17) is 5.84 Å². The molecule has 1 aromatic carbocycles. The largest absolute Gasteiger partial charge is 0.363 e. The van der Waals surface area contributed by atoms with Crippen LogP contribution in [-0.2, 0) is 0 Å². The maximum absolute atomic E-state index is 13.8. The van der Waals surface area contributed by atoms with Gasteiger partial charge >= 0.3 is 0 Å². The van der Waals surface area contributed by atoms with E-state index < -0.39 is 17.7 Å². The number of hydrogen-bond donors (Lipinski definition) is 2. The molecule has 106 valence electrons. The van der Waals surface area contributed by atoms with E-state index in [1.165, 1.54) is 12.1 Å². The predicted octanol–water partition coefficient (Wildman–Crippen LogP) is 1.98. The molecule has 2 aromatic rings. The first-order valence-electron chi connectivity index (χ1n) is 6.08. The smallest absolute Gasteiger partial charge is 0.163 e. The standard InChI is InChI=1S/C14H16F2N4/c1-20(2)12-7-6-9(8-18-12)14(19-17)10-4-3-5-11(15)13(10)16/h3-8,14,19H,17H2,1-2H3. The summed E-state index contributed by atoms with van der Waals surface area (Å²) < 4.78 is 27.1. The lowest BCUT2D eigenvalue weighted by Gasteiger charge is -2.18. The third-order valence-corrected chi connectivity index (χ3v) is 3.02. The van der Waals surface area contributed by atoms with Gasteiger partial charge < -0.3 is 4.90 Å². The van der Waals surface area contributed by atoms with Gasteiger partial charge in [-0.3, -0.25) is 5.84 Å². The van der Waals surface area contributed by atoms with Crippen LogP contribution in [0, 0.1) is 11.6 Å². The van der Waals surface area contributed by atoms with Crippen LogP contribution in [0.25, 0.3) is 0 Å². The van der Waals surface area contributed by atoms with Gasteiger partial charge in [-0.05, 0) is 17.7 Å². The lowest BCUT2D eigenvalue weighted by molar-refractivity contribution is 0.483. The average Bonchev–Trinajstić information content (AvgIpc) is 2.45. The molecule has 1 atom stereocenters. The van der Waals surface area contributed by atoms with E-state index in [-0.39, 0.29) is 5.56 Å². The summed E-state index contributed by atoms with van der Waals surface area (Å²) in [5.74, 6) is 4.43. The molecule has 0 saturated heterocycles. The van der Waals surface area contributed by atoms with E-state index in [1.807, 2.05) is 19.0 Å². The molecule has 0 aliphatic heterocycles. The van der Waals surface area contributed by atoms with Crippen molar-refractivity contribution in [3.05, 3.63) is 59.3 Å². The molecule has 0 amide bonds. The molecule has 2 rings (SSSR count). The minimum absolute atomic E-state index is 0.145. The summed E-state index contributed by atoms with van der Waals surface area (Å²) in [6.07, 6.45) is 1.59. The third kappa shape index (κ3) is 2.76. The zero-order valence-electron chi connectivity index (χ0n) is 11.3.